The Morgan fingerprint density at radius 2 is 1.35 bits per heavy atom. The lowest BCUT2D eigenvalue weighted by molar-refractivity contribution is -0.174. The molecule has 1 fully saturated rings. The van der Waals surface area contributed by atoms with Crippen molar-refractivity contribution in [3.8, 4) is 0 Å². The summed E-state index contributed by atoms with van der Waals surface area (Å²) in [7, 11) is -2.65. The van der Waals surface area contributed by atoms with Crippen molar-refractivity contribution in [2.45, 2.75) is 57.5 Å². The van der Waals surface area contributed by atoms with Crippen molar-refractivity contribution in [3.05, 3.63) is 96.6 Å². The monoisotopic (exact) mass is 474 g/mol. The van der Waals surface area contributed by atoms with Crippen LogP contribution in [-0.2, 0) is 25.3 Å². The first kappa shape index (κ1) is 24.4. The molecule has 0 spiro atoms. The molecular weight excluding hydrogens is 440 g/mol. The molecule has 0 amide bonds. The smallest absolute Gasteiger partial charge is 0.335 e. The van der Waals surface area contributed by atoms with Gasteiger partial charge >= 0.3 is 5.97 Å². The Hall–Kier alpha value is -2.73. The molecule has 0 unspecified atom stereocenters. The van der Waals surface area contributed by atoms with Crippen LogP contribution in [-0.4, -0.2) is 33.1 Å². The first-order chi connectivity index (χ1) is 16.4. The lowest BCUT2D eigenvalue weighted by Crippen LogP contribution is -2.67. The predicted molar refractivity (Wildman–Crippen MR) is 138 cm³/mol. The van der Waals surface area contributed by atoms with Crippen molar-refractivity contribution in [2.75, 3.05) is 6.61 Å². The van der Waals surface area contributed by atoms with Gasteiger partial charge in [-0.1, -0.05) is 112 Å². The Kier molecular flexibility index (Phi) is 7.66. The van der Waals surface area contributed by atoms with Gasteiger partial charge in [-0.25, -0.2) is 4.79 Å². The summed E-state index contributed by atoms with van der Waals surface area (Å²) in [6, 6.07) is 30.9. The standard InChI is InChI=1S/C29H34O4Si/c1-29(2,3)34(25-15-9-5-10-16-25,26-17-11-6-12-18-26)32-22-24-19-20-27(28(30)33-24)31-21-23-13-7-4-8-14-23/h4-18,24,27H,19-22H2,1-3H3/t24-,27+/m0/s1. The molecule has 0 aromatic heterocycles. The molecule has 0 N–H and O–H groups in total. The fourth-order valence-electron chi connectivity index (χ4n) is 4.77. The molecule has 0 radical (unpaired) electrons. The highest BCUT2D eigenvalue weighted by atomic mass is 28.4. The second-order valence-corrected chi connectivity index (χ2v) is 14.2. The molecule has 0 bridgehead atoms. The average Bonchev–Trinajstić information content (AvgIpc) is 2.85. The van der Waals surface area contributed by atoms with Crippen LogP contribution in [0.5, 0.6) is 0 Å². The Balaban J connectivity index is 1.48. The van der Waals surface area contributed by atoms with E-state index in [1.165, 1.54) is 10.4 Å². The Labute approximate surface area is 204 Å². The van der Waals surface area contributed by atoms with E-state index in [1.807, 2.05) is 42.5 Å². The summed E-state index contributed by atoms with van der Waals surface area (Å²) < 4.78 is 18.6. The largest absolute Gasteiger partial charge is 0.458 e. The molecule has 1 heterocycles. The topological polar surface area (TPSA) is 44.8 Å². The highest BCUT2D eigenvalue weighted by Crippen LogP contribution is 2.37. The third-order valence-electron chi connectivity index (χ3n) is 6.49. The first-order valence-electron chi connectivity index (χ1n) is 12.0. The van der Waals surface area contributed by atoms with E-state index in [0.29, 0.717) is 19.6 Å². The zero-order valence-electron chi connectivity index (χ0n) is 20.3. The molecule has 1 aliphatic heterocycles. The molecule has 178 valence electrons. The zero-order valence-corrected chi connectivity index (χ0v) is 21.3. The minimum Gasteiger partial charge on any atom is -0.458 e. The second-order valence-electron chi connectivity index (χ2n) is 9.90. The highest BCUT2D eigenvalue weighted by molar-refractivity contribution is 6.99. The third-order valence-corrected chi connectivity index (χ3v) is 11.5. The quantitative estimate of drug-likeness (QED) is 0.346. The number of benzene rings is 3. The summed E-state index contributed by atoms with van der Waals surface area (Å²) in [6.07, 6.45) is 0.569. The summed E-state index contributed by atoms with van der Waals surface area (Å²) in [4.78, 5) is 12.7. The van der Waals surface area contributed by atoms with Crippen LogP contribution in [0.2, 0.25) is 5.04 Å². The summed E-state index contributed by atoms with van der Waals surface area (Å²) in [6.45, 7) is 7.53. The van der Waals surface area contributed by atoms with Gasteiger partial charge < -0.3 is 13.9 Å². The molecule has 4 rings (SSSR count). The number of esters is 1. The van der Waals surface area contributed by atoms with Crippen LogP contribution < -0.4 is 10.4 Å². The van der Waals surface area contributed by atoms with Gasteiger partial charge in [0.2, 0.25) is 0 Å². The summed E-state index contributed by atoms with van der Waals surface area (Å²) >= 11 is 0. The number of hydrogen-bond acceptors (Lipinski definition) is 4. The fraction of sp³-hybridized carbons (Fsp3) is 0.345. The van der Waals surface area contributed by atoms with E-state index in [2.05, 4.69) is 69.3 Å². The molecule has 0 aliphatic carbocycles. The molecule has 5 heteroatoms. The lowest BCUT2D eigenvalue weighted by atomic mass is 10.1. The van der Waals surface area contributed by atoms with Crippen molar-refractivity contribution in [2.24, 2.45) is 0 Å². The van der Waals surface area contributed by atoms with Gasteiger partial charge in [0.1, 0.15) is 6.10 Å². The lowest BCUT2D eigenvalue weighted by Gasteiger charge is -2.44. The van der Waals surface area contributed by atoms with Gasteiger partial charge in [-0.2, -0.15) is 0 Å². The number of cyclic esters (lactones) is 1. The van der Waals surface area contributed by atoms with Gasteiger partial charge in [0, 0.05) is 0 Å². The van der Waals surface area contributed by atoms with Crippen LogP contribution >= 0.6 is 0 Å². The second kappa shape index (κ2) is 10.7. The fourth-order valence-corrected chi connectivity index (χ4v) is 9.36. The van der Waals surface area contributed by atoms with E-state index < -0.39 is 14.4 Å². The minimum absolute atomic E-state index is 0.115. The van der Waals surface area contributed by atoms with E-state index in [4.69, 9.17) is 13.9 Å². The highest BCUT2D eigenvalue weighted by Gasteiger charge is 2.50. The van der Waals surface area contributed by atoms with Gasteiger partial charge in [0.05, 0.1) is 13.2 Å². The van der Waals surface area contributed by atoms with Crippen LogP contribution in [0.1, 0.15) is 39.2 Å². The van der Waals surface area contributed by atoms with Crippen molar-refractivity contribution >= 4 is 24.7 Å². The number of carbonyl (C=O) groups is 1. The minimum atomic E-state index is -2.65. The maximum atomic E-state index is 12.7. The van der Waals surface area contributed by atoms with E-state index in [9.17, 15) is 4.79 Å². The summed E-state index contributed by atoms with van der Waals surface area (Å²) in [5, 5.41) is 2.33. The maximum Gasteiger partial charge on any atom is 0.335 e. The normalized spacial score (nSPS) is 19.0. The van der Waals surface area contributed by atoms with E-state index >= 15 is 0 Å². The van der Waals surface area contributed by atoms with E-state index in [0.717, 1.165) is 12.0 Å². The molecule has 3 aromatic rings. The number of ether oxygens (including phenoxy) is 2. The van der Waals surface area contributed by atoms with Crippen LogP contribution in [0.15, 0.2) is 91.0 Å². The maximum absolute atomic E-state index is 12.7. The Morgan fingerprint density at radius 3 is 1.85 bits per heavy atom. The molecule has 1 saturated heterocycles. The Morgan fingerprint density at radius 1 is 0.824 bits per heavy atom. The third kappa shape index (κ3) is 5.33. The van der Waals surface area contributed by atoms with Crippen molar-refractivity contribution in [1.82, 2.24) is 0 Å². The number of rotatable bonds is 8. The van der Waals surface area contributed by atoms with E-state index in [1.54, 1.807) is 0 Å². The summed E-state index contributed by atoms with van der Waals surface area (Å²) in [5.74, 6) is -0.293. The molecule has 0 saturated carbocycles. The SMILES string of the molecule is CC(C)(C)[Si](OC[C@@H]1CC[C@@H](OCc2ccccc2)C(=O)O1)(c1ccccc1)c1ccccc1. The van der Waals surface area contributed by atoms with Crippen LogP contribution in [0.3, 0.4) is 0 Å². The van der Waals surface area contributed by atoms with Gasteiger partial charge in [-0.3, -0.25) is 0 Å². The molecule has 1 aliphatic rings. The summed E-state index contributed by atoms with van der Waals surface area (Å²) in [5.41, 5.74) is 1.05. The van der Waals surface area contributed by atoms with Crippen molar-refractivity contribution < 1.29 is 18.7 Å². The van der Waals surface area contributed by atoms with E-state index in [-0.39, 0.29) is 17.1 Å². The van der Waals surface area contributed by atoms with Gasteiger partial charge in [0.15, 0.2) is 6.10 Å². The zero-order chi connectivity index (χ0) is 24.0. The Bertz CT molecular complexity index is 1010. The number of carbonyl (C=O) groups excluding carboxylic acids is 1. The number of hydrogen-bond donors (Lipinski definition) is 0. The first-order valence-corrected chi connectivity index (χ1v) is 13.9. The predicted octanol–water partition coefficient (Wildman–Crippen LogP) is 4.85. The van der Waals surface area contributed by atoms with Crippen molar-refractivity contribution in [3.63, 3.8) is 0 Å². The molecule has 34 heavy (non-hydrogen) atoms. The molecular formula is C29H34O4Si. The van der Waals surface area contributed by atoms with Crippen LogP contribution in [0.25, 0.3) is 0 Å². The van der Waals surface area contributed by atoms with Gasteiger partial charge in [-0.15, -0.1) is 0 Å². The van der Waals surface area contributed by atoms with Crippen LogP contribution in [0.4, 0.5) is 0 Å². The molecule has 2 atom stereocenters. The average molecular weight is 475 g/mol. The van der Waals surface area contributed by atoms with Crippen molar-refractivity contribution in [1.29, 1.82) is 0 Å². The van der Waals surface area contributed by atoms with Crippen LogP contribution in [0, 0.1) is 0 Å². The van der Waals surface area contributed by atoms with Gasteiger partial charge in [0.25, 0.3) is 8.32 Å². The molecule has 3 aromatic carbocycles. The van der Waals surface area contributed by atoms with Gasteiger partial charge in [-0.05, 0) is 33.8 Å². The molecule has 4 nitrogen and oxygen atoms in total.